The predicted molar refractivity (Wildman–Crippen MR) is 73.7 cm³/mol. The fraction of sp³-hybridized carbons (Fsp3) is 0.429. The lowest BCUT2D eigenvalue weighted by atomic mass is 10.1. The molecule has 1 aromatic carbocycles. The minimum Gasteiger partial charge on any atom is -0.340 e. The first-order valence-electron chi connectivity index (χ1n) is 6.29. The summed E-state index contributed by atoms with van der Waals surface area (Å²) >= 11 is 0. The number of carbonyl (C=O) groups is 2. The molecule has 0 spiro atoms. The van der Waals surface area contributed by atoms with E-state index in [-0.39, 0.29) is 11.8 Å². The van der Waals surface area contributed by atoms with Crippen molar-refractivity contribution in [1.82, 2.24) is 4.90 Å². The zero-order valence-corrected chi connectivity index (χ0v) is 11.5. The molecule has 0 aliphatic carbocycles. The molecule has 1 atom stereocenters. The zero-order valence-electron chi connectivity index (χ0n) is 11.5. The van der Waals surface area contributed by atoms with E-state index < -0.39 is 6.04 Å². The Labute approximate surface area is 113 Å². The summed E-state index contributed by atoms with van der Waals surface area (Å²) in [6, 6.07) is 5.37. The first-order valence-corrected chi connectivity index (χ1v) is 6.29. The van der Waals surface area contributed by atoms with Crippen molar-refractivity contribution >= 4 is 17.5 Å². The highest BCUT2D eigenvalue weighted by molar-refractivity contribution is 6.00. The molecule has 1 aliphatic rings. The topological polar surface area (TPSA) is 66.6 Å². The highest BCUT2D eigenvalue weighted by Crippen LogP contribution is 2.28. The van der Waals surface area contributed by atoms with Crippen LogP contribution in [-0.4, -0.2) is 36.9 Å². The average molecular weight is 261 g/mol. The third kappa shape index (κ3) is 2.61. The number of likely N-dealkylation sites (N-methyl/N-ethyl adjacent to an activating group) is 2. The monoisotopic (exact) mass is 261 g/mol. The lowest BCUT2D eigenvalue weighted by Gasteiger charge is -2.20. The molecule has 2 amide bonds. The van der Waals surface area contributed by atoms with Gasteiger partial charge in [-0.1, -0.05) is 12.1 Å². The number of carbonyl (C=O) groups excluding carboxylic acids is 2. The Bertz CT molecular complexity index is 525. The van der Waals surface area contributed by atoms with E-state index in [9.17, 15) is 9.59 Å². The fourth-order valence-electron chi connectivity index (χ4n) is 2.32. The number of nitrogens with zero attached hydrogens (tertiary/aromatic N) is 2. The summed E-state index contributed by atoms with van der Waals surface area (Å²) < 4.78 is 0. The summed E-state index contributed by atoms with van der Waals surface area (Å²) in [4.78, 5) is 26.6. The van der Waals surface area contributed by atoms with E-state index in [4.69, 9.17) is 5.73 Å². The molecule has 0 fully saturated rings. The van der Waals surface area contributed by atoms with Gasteiger partial charge in [0.2, 0.25) is 11.8 Å². The zero-order chi connectivity index (χ0) is 14.2. The molecule has 1 aliphatic heterocycles. The molecule has 5 heteroatoms. The van der Waals surface area contributed by atoms with Crippen molar-refractivity contribution in [2.45, 2.75) is 25.9 Å². The molecular formula is C14H19N3O2. The van der Waals surface area contributed by atoms with Gasteiger partial charge in [0.1, 0.15) is 0 Å². The normalized spacial score (nSPS) is 15.4. The van der Waals surface area contributed by atoms with Crippen molar-refractivity contribution in [3.63, 3.8) is 0 Å². The lowest BCUT2D eigenvalue weighted by molar-refractivity contribution is -0.131. The van der Waals surface area contributed by atoms with E-state index in [1.54, 1.807) is 30.8 Å². The number of hydrogen-bond acceptors (Lipinski definition) is 3. The van der Waals surface area contributed by atoms with Crippen LogP contribution >= 0.6 is 0 Å². The van der Waals surface area contributed by atoms with Gasteiger partial charge in [-0.15, -0.1) is 0 Å². The largest absolute Gasteiger partial charge is 0.340 e. The van der Waals surface area contributed by atoms with Gasteiger partial charge in [-0.2, -0.15) is 0 Å². The Morgan fingerprint density at radius 3 is 2.84 bits per heavy atom. The van der Waals surface area contributed by atoms with Crippen LogP contribution in [0.15, 0.2) is 18.2 Å². The van der Waals surface area contributed by atoms with Gasteiger partial charge in [-0.05, 0) is 24.1 Å². The molecule has 0 bridgehead atoms. The Kier molecular flexibility index (Phi) is 3.57. The maximum absolute atomic E-state index is 11.7. The van der Waals surface area contributed by atoms with Gasteiger partial charge in [0.05, 0.1) is 12.5 Å². The summed E-state index contributed by atoms with van der Waals surface area (Å²) in [5.41, 5.74) is 8.56. The van der Waals surface area contributed by atoms with Crippen LogP contribution in [0, 0.1) is 0 Å². The summed E-state index contributed by atoms with van der Waals surface area (Å²) in [7, 11) is 3.51. The Balaban J connectivity index is 2.14. The summed E-state index contributed by atoms with van der Waals surface area (Å²) in [5.74, 6) is 0.0147. The van der Waals surface area contributed by atoms with Crippen LogP contribution in [0.2, 0.25) is 0 Å². The summed E-state index contributed by atoms with van der Waals surface area (Å²) in [5, 5.41) is 0. The maximum atomic E-state index is 11.7. The molecule has 0 saturated heterocycles. The molecular weight excluding hydrogens is 242 g/mol. The minimum atomic E-state index is -0.493. The van der Waals surface area contributed by atoms with E-state index in [1.807, 2.05) is 18.2 Å². The molecule has 1 heterocycles. The predicted octanol–water partition coefficient (Wildman–Crippen LogP) is 0.511. The molecule has 2 N–H and O–H groups in total. The second kappa shape index (κ2) is 5.01. The van der Waals surface area contributed by atoms with Crippen molar-refractivity contribution in [2.75, 3.05) is 19.0 Å². The van der Waals surface area contributed by atoms with Crippen LogP contribution in [0.25, 0.3) is 0 Å². The lowest BCUT2D eigenvalue weighted by Crippen LogP contribution is -2.39. The van der Waals surface area contributed by atoms with Crippen molar-refractivity contribution in [3.05, 3.63) is 29.3 Å². The van der Waals surface area contributed by atoms with Crippen LogP contribution in [0.5, 0.6) is 0 Å². The second-order valence-corrected chi connectivity index (χ2v) is 5.08. The molecule has 102 valence electrons. The van der Waals surface area contributed by atoms with E-state index in [2.05, 4.69) is 0 Å². The van der Waals surface area contributed by atoms with Gasteiger partial charge < -0.3 is 15.5 Å². The molecule has 0 saturated carbocycles. The Hall–Kier alpha value is -1.88. The van der Waals surface area contributed by atoms with Crippen LogP contribution in [0.1, 0.15) is 18.1 Å². The van der Waals surface area contributed by atoms with Crippen molar-refractivity contribution in [1.29, 1.82) is 0 Å². The first kappa shape index (κ1) is 13.5. The molecule has 1 unspecified atom stereocenters. The number of fused-ring (bicyclic) bond motifs is 1. The van der Waals surface area contributed by atoms with Crippen LogP contribution in [0.4, 0.5) is 5.69 Å². The van der Waals surface area contributed by atoms with Gasteiger partial charge in [0, 0.05) is 26.3 Å². The number of nitrogens with two attached hydrogens (primary N) is 1. The molecule has 19 heavy (non-hydrogen) atoms. The third-order valence-corrected chi connectivity index (χ3v) is 3.41. The minimum absolute atomic E-state index is 0.0892. The summed E-state index contributed by atoms with van der Waals surface area (Å²) in [6.45, 7) is 2.18. The highest BCUT2D eigenvalue weighted by Gasteiger charge is 2.24. The standard InChI is InChI=1S/C14H19N3O2/c1-9(15)14(19)16(2)8-10-4-5-12-11(6-10)7-13(18)17(12)3/h4-6,9H,7-8,15H2,1-3H3. The van der Waals surface area contributed by atoms with Crippen molar-refractivity contribution < 1.29 is 9.59 Å². The average Bonchev–Trinajstić information content (AvgIpc) is 2.63. The van der Waals surface area contributed by atoms with Crippen LogP contribution < -0.4 is 10.6 Å². The smallest absolute Gasteiger partial charge is 0.239 e. The number of hydrogen-bond donors (Lipinski definition) is 1. The van der Waals surface area contributed by atoms with Gasteiger partial charge in [0.15, 0.2) is 0 Å². The van der Waals surface area contributed by atoms with E-state index in [1.165, 1.54) is 0 Å². The Morgan fingerprint density at radius 1 is 1.53 bits per heavy atom. The van der Waals surface area contributed by atoms with Crippen molar-refractivity contribution in [2.24, 2.45) is 5.73 Å². The van der Waals surface area contributed by atoms with Crippen LogP contribution in [0.3, 0.4) is 0 Å². The van der Waals surface area contributed by atoms with Crippen molar-refractivity contribution in [3.8, 4) is 0 Å². The van der Waals surface area contributed by atoms with Gasteiger partial charge >= 0.3 is 0 Å². The third-order valence-electron chi connectivity index (χ3n) is 3.41. The quantitative estimate of drug-likeness (QED) is 0.862. The van der Waals surface area contributed by atoms with E-state index in [0.29, 0.717) is 13.0 Å². The molecule has 5 nitrogen and oxygen atoms in total. The molecule has 0 aromatic heterocycles. The van der Waals surface area contributed by atoms with E-state index >= 15 is 0 Å². The summed E-state index contributed by atoms with van der Waals surface area (Å²) in [6.07, 6.45) is 0.435. The number of amides is 2. The van der Waals surface area contributed by atoms with Gasteiger partial charge in [-0.25, -0.2) is 0 Å². The second-order valence-electron chi connectivity index (χ2n) is 5.08. The fourth-order valence-corrected chi connectivity index (χ4v) is 2.32. The SMILES string of the molecule is CC(N)C(=O)N(C)Cc1ccc2c(c1)CC(=O)N2C. The first-order chi connectivity index (χ1) is 8.90. The molecule has 1 aromatic rings. The maximum Gasteiger partial charge on any atom is 0.239 e. The molecule has 0 radical (unpaired) electrons. The van der Waals surface area contributed by atoms with E-state index in [0.717, 1.165) is 16.8 Å². The van der Waals surface area contributed by atoms with Gasteiger partial charge in [-0.3, -0.25) is 9.59 Å². The highest BCUT2D eigenvalue weighted by atomic mass is 16.2. The number of benzene rings is 1. The number of rotatable bonds is 3. The Morgan fingerprint density at radius 2 is 2.21 bits per heavy atom. The molecule has 2 rings (SSSR count). The van der Waals surface area contributed by atoms with Crippen LogP contribution in [-0.2, 0) is 22.6 Å². The van der Waals surface area contributed by atoms with Gasteiger partial charge in [0.25, 0.3) is 0 Å². The number of anilines is 1.